The normalized spacial score (nSPS) is 23.7. The summed E-state index contributed by atoms with van der Waals surface area (Å²) in [6.07, 6.45) is 7.58. The summed E-state index contributed by atoms with van der Waals surface area (Å²) in [6, 6.07) is 6.62. The van der Waals surface area contributed by atoms with Crippen molar-refractivity contribution in [2.45, 2.75) is 82.0 Å². The zero-order chi connectivity index (χ0) is 20.4. The molecule has 28 heavy (non-hydrogen) atoms. The van der Waals surface area contributed by atoms with Crippen molar-refractivity contribution in [1.29, 1.82) is 0 Å². The van der Waals surface area contributed by atoms with Crippen molar-refractivity contribution in [3.05, 3.63) is 41.0 Å². The van der Waals surface area contributed by atoms with Crippen LogP contribution in [0.4, 0.5) is 0 Å². The van der Waals surface area contributed by atoms with E-state index < -0.39 is 0 Å². The van der Waals surface area contributed by atoms with Crippen molar-refractivity contribution < 1.29 is 9.47 Å². The van der Waals surface area contributed by atoms with E-state index in [1.165, 1.54) is 34.6 Å². The molecule has 2 aliphatic rings. The molecule has 0 amide bonds. The van der Waals surface area contributed by atoms with Gasteiger partial charge in [-0.15, -0.1) is 23.5 Å². The van der Waals surface area contributed by atoms with Crippen LogP contribution in [0.2, 0.25) is 0 Å². The van der Waals surface area contributed by atoms with Crippen molar-refractivity contribution in [3.8, 4) is 5.75 Å². The third-order valence-electron chi connectivity index (χ3n) is 5.92. The lowest BCUT2D eigenvalue weighted by atomic mass is 9.92. The zero-order valence-corrected chi connectivity index (χ0v) is 20.0. The molecule has 2 saturated heterocycles. The molecule has 1 aromatic carbocycles. The quantitative estimate of drug-likeness (QED) is 0.329. The monoisotopic (exact) mass is 420 g/mol. The number of benzene rings is 1. The van der Waals surface area contributed by atoms with Gasteiger partial charge in [-0.2, -0.15) is 0 Å². The van der Waals surface area contributed by atoms with Crippen LogP contribution in [0.15, 0.2) is 29.8 Å². The maximum atomic E-state index is 5.76. The van der Waals surface area contributed by atoms with Gasteiger partial charge in [0.15, 0.2) is 0 Å². The lowest BCUT2D eigenvalue weighted by Crippen LogP contribution is -2.24. The van der Waals surface area contributed by atoms with Crippen LogP contribution in [0.3, 0.4) is 0 Å². The number of ether oxygens (including phenoxy) is 2. The Hall–Kier alpha value is -0.580. The Morgan fingerprint density at radius 1 is 1.29 bits per heavy atom. The molecule has 2 aliphatic heterocycles. The van der Waals surface area contributed by atoms with Crippen molar-refractivity contribution in [2.24, 2.45) is 0 Å². The summed E-state index contributed by atoms with van der Waals surface area (Å²) < 4.78 is 11.6. The molecule has 2 nitrogen and oxygen atoms in total. The second kappa shape index (κ2) is 9.06. The molecule has 0 spiro atoms. The van der Waals surface area contributed by atoms with Crippen LogP contribution < -0.4 is 4.74 Å². The predicted octanol–water partition coefficient (Wildman–Crippen LogP) is 7.14. The van der Waals surface area contributed by atoms with Crippen molar-refractivity contribution in [3.63, 3.8) is 0 Å². The van der Waals surface area contributed by atoms with E-state index >= 15 is 0 Å². The standard InChI is InChI=1S/C24H36O2S2/c1-17(2)22-19(9-7-10-20(22)25-6)24(27-15-8-16-28-24)14-13-18(3)11-12-21-23(4,5)26-21/h7,9-10,13,17,21H,8,11-12,14-16H2,1-6H3/b18-13+/t21-/m0/s1. The van der Waals surface area contributed by atoms with Crippen molar-refractivity contribution in [1.82, 2.24) is 0 Å². The molecule has 0 unspecified atom stereocenters. The van der Waals surface area contributed by atoms with Gasteiger partial charge >= 0.3 is 0 Å². The Kier molecular flexibility index (Phi) is 7.15. The van der Waals surface area contributed by atoms with E-state index in [9.17, 15) is 0 Å². The second-order valence-electron chi connectivity index (χ2n) is 8.88. The van der Waals surface area contributed by atoms with Crippen LogP contribution in [0.25, 0.3) is 0 Å². The minimum Gasteiger partial charge on any atom is -0.496 e. The Bertz CT molecular complexity index is 703. The van der Waals surface area contributed by atoms with Gasteiger partial charge in [0, 0.05) is 5.56 Å². The molecule has 156 valence electrons. The molecule has 2 fully saturated rings. The van der Waals surface area contributed by atoms with E-state index in [4.69, 9.17) is 9.47 Å². The molecular formula is C24H36O2S2. The first kappa shape index (κ1) is 22.1. The third kappa shape index (κ3) is 4.94. The SMILES string of the molecule is COc1cccc(C2(C/C=C(\C)CC[C@@H]3OC3(C)C)SCCCS2)c1C(C)C. The smallest absolute Gasteiger partial charge is 0.122 e. The average Bonchev–Trinajstić information content (AvgIpc) is 3.31. The molecule has 0 bridgehead atoms. The lowest BCUT2D eigenvalue weighted by molar-refractivity contribution is 0.320. The van der Waals surface area contributed by atoms with Gasteiger partial charge < -0.3 is 9.47 Å². The van der Waals surface area contributed by atoms with Gasteiger partial charge in [-0.3, -0.25) is 0 Å². The lowest BCUT2D eigenvalue weighted by Gasteiger charge is -2.38. The minimum atomic E-state index is 0.100. The van der Waals surface area contributed by atoms with Gasteiger partial charge in [0.1, 0.15) is 5.75 Å². The number of rotatable bonds is 8. The highest BCUT2D eigenvalue weighted by Gasteiger charge is 2.46. The van der Waals surface area contributed by atoms with Crippen LogP contribution in [0, 0.1) is 0 Å². The van der Waals surface area contributed by atoms with Gasteiger partial charge in [0.05, 0.1) is 22.9 Å². The third-order valence-corrected chi connectivity index (χ3v) is 9.32. The molecule has 2 heterocycles. The maximum Gasteiger partial charge on any atom is 0.122 e. The topological polar surface area (TPSA) is 21.8 Å². The Morgan fingerprint density at radius 2 is 1.96 bits per heavy atom. The van der Waals surface area contributed by atoms with Crippen LogP contribution in [0.1, 0.15) is 77.3 Å². The summed E-state index contributed by atoms with van der Waals surface area (Å²) in [5, 5.41) is 0. The Labute approximate surface area is 180 Å². The van der Waals surface area contributed by atoms with Crippen molar-refractivity contribution >= 4 is 23.5 Å². The van der Waals surface area contributed by atoms with Gasteiger partial charge in [0.2, 0.25) is 0 Å². The maximum absolute atomic E-state index is 5.76. The van der Waals surface area contributed by atoms with Crippen LogP contribution in [0.5, 0.6) is 5.75 Å². The van der Waals surface area contributed by atoms with Gasteiger partial charge in [0.25, 0.3) is 0 Å². The highest BCUT2D eigenvalue weighted by Crippen LogP contribution is 2.55. The first-order chi connectivity index (χ1) is 13.3. The fourth-order valence-corrected chi connectivity index (χ4v) is 7.44. The Morgan fingerprint density at radius 3 is 2.54 bits per heavy atom. The number of thioether (sulfide) groups is 2. The number of epoxide rings is 1. The number of allylic oxidation sites excluding steroid dienone is 2. The van der Waals surface area contributed by atoms with Gasteiger partial charge in [-0.05, 0) is 75.5 Å². The molecule has 1 atom stereocenters. The Balaban J connectivity index is 1.82. The molecule has 3 rings (SSSR count). The van der Waals surface area contributed by atoms with E-state index in [0.717, 1.165) is 25.0 Å². The average molecular weight is 421 g/mol. The summed E-state index contributed by atoms with van der Waals surface area (Å²) in [5.74, 6) is 3.95. The molecule has 1 aromatic rings. The summed E-state index contributed by atoms with van der Waals surface area (Å²) in [6.45, 7) is 11.2. The highest BCUT2D eigenvalue weighted by atomic mass is 32.2. The van der Waals surface area contributed by atoms with Gasteiger partial charge in [-0.25, -0.2) is 0 Å². The first-order valence-corrected chi connectivity index (χ1v) is 12.5. The van der Waals surface area contributed by atoms with E-state index in [1.807, 2.05) is 0 Å². The van der Waals surface area contributed by atoms with E-state index in [-0.39, 0.29) is 9.68 Å². The van der Waals surface area contributed by atoms with Crippen LogP contribution in [-0.2, 0) is 8.82 Å². The summed E-state index contributed by atoms with van der Waals surface area (Å²) >= 11 is 4.26. The predicted molar refractivity (Wildman–Crippen MR) is 125 cm³/mol. The molecule has 0 radical (unpaired) electrons. The minimum absolute atomic E-state index is 0.100. The summed E-state index contributed by atoms with van der Waals surface area (Å²) in [7, 11) is 1.80. The fraction of sp³-hybridized carbons (Fsp3) is 0.667. The van der Waals surface area contributed by atoms with Crippen LogP contribution in [-0.4, -0.2) is 30.3 Å². The molecule has 0 N–H and O–H groups in total. The van der Waals surface area contributed by atoms with E-state index in [2.05, 4.69) is 82.4 Å². The molecule has 0 saturated carbocycles. The fourth-order valence-electron chi connectivity index (χ4n) is 4.12. The zero-order valence-electron chi connectivity index (χ0n) is 18.3. The molecule has 0 aromatic heterocycles. The molecular weight excluding hydrogens is 384 g/mol. The largest absolute Gasteiger partial charge is 0.496 e. The van der Waals surface area contributed by atoms with E-state index in [0.29, 0.717) is 12.0 Å². The number of hydrogen-bond donors (Lipinski definition) is 0. The number of methoxy groups -OCH3 is 1. The van der Waals surface area contributed by atoms with E-state index in [1.54, 1.807) is 7.11 Å². The van der Waals surface area contributed by atoms with Crippen LogP contribution >= 0.6 is 23.5 Å². The second-order valence-corrected chi connectivity index (χ2v) is 11.9. The summed E-state index contributed by atoms with van der Waals surface area (Å²) in [5.41, 5.74) is 4.44. The first-order valence-electron chi connectivity index (χ1n) is 10.6. The summed E-state index contributed by atoms with van der Waals surface area (Å²) in [4.78, 5) is 0. The molecule has 4 heteroatoms. The molecule has 0 aliphatic carbocycles. The van der Waals surface area contributed by atoms with Gasteiger partial charge in [-0.1, -0.05) is 37.6 Å². The highest BCUT2D eigenvalue weighted by molar-refractivity contribution is 8.18. The number of hydrogen-bond acceptors (Lipinski definition) is 4. The van der Waals surface area contributed by atoms with Crippen molar-refractivity contribution in [2.75, 3.05) is 18.6 Å².